The molecular weight excluding hydrogens is 523 g/mol. The number of thiazole rings is 1. The number of nitrogens with zero attached hydrogens (tertiary/aromatic N) is 4. The molecule has 0 spiro atoms. The molecule has 1 aromatic heterocycles. The molecule has 1 fully saturated rings. The zero-order valence-corrected chi connectivity index (χ0v) is 23.1. The highest BCUT2D eigenvalue weighted by atomic mass is 35.5. The lowest BCUT2D eigenvalue weighted by molar-refractivity contribution is -0.132. The number of rotatable bonds is 4. The molecule has 2 bridgehead atoms. The van der Waals surface area contributed by atoms with Gasteiger partial charge in [0.1, 0.15) is 10.8 Å². The zero-order valence-electron chi connectivity index (χ0n) is 21.5. The van der Waals surface area contributed by atoms with Crippen molar-refractivity contribution < 1.29 is 14.0 Å². The quantitative estimate of drug-likeness (QED) is 0.416. The first kappa shape index (κ1) is 26.8. The second kappa shape index (κ2) is 11.9. The summed E-state index contributed by atoms with van der Waals surface area (Å²) < 4.78 is 14.6. The lowest BCUT2D eigenvalue weighted by atomic mass is 9.92. The summed E-state index contributed by atoms with van der Waals surface area (Å²) in [7, 11) is 0. The van der Waals surface area contributed by atoms with E-state index < -0.39 is 5.82 Å². The predicted molar refractivity (Wildman–Crippen MR) is 149 cm³/mol. The van der Waals surface area contributed by atoms with Crippen molar-refractivity contribution in [3.8, 4) is 0 Å². The highest BCUT2D eigenvalue weighted by molar-refractivity contribution is 7.09. The maximum atomic E-state index is 14.6. The number of para-hydroxylation sites is 1. The molecule has 3 heterocycles. The Kier molecular flexibility index (Phi) is 8.41. The summed E-state index contributed by atoms with van der Waals surface area (Å²) in [6.07, 6.45) is 5.60. The number of fused-ring (bicyclic) bond motifs is 3. The lowest BCUT2D eigenvalue weighted by Gasteiger charge is -2.43. The van der Waals surface area contributed by atoms with Gasteiger partial charge in [0, 0.05) is 66.5 Å². The van der Waals surface area contributed by atoms with Crippen LogP contribution >= 0.6 is 22.9 Å². The van der Waals surface area contributed by atoms with Crippen molar-refractivity contribution >= 4 is 40.4 Å². The summed E-state index contributed by atoms with van der Waals surface area (Å²) >= 11 is 7.93. The third-order valence-corrected chi connectivity index (χ3v) is 8.82. The van der Waals surface area contributed by atoms with Gasteiger partial charge in [-0.1, -0.05) is 42.3 Å². The Morgan fingerprint density at radius 2 is 1.92 bits per heavy atom. The molecule has 2 unspecified atom stereocenters. The van der Waals surface area contributed by atoms with Crippen LogP contribution in [0.5, 0.6) is 0 Å². The van der Waals surface area contributed by atoms with Crippen molar-refractivity contribution in [1.29, 1.82) is 0 Å². The molecular formula is C29H32ClFN4O2S. The van der Waals surface area contributed by atoms with Gasteiger partial charge >= 0.3 is 0 Å². The van der Waals surface area contributed by atoms with Gasteiger partial charge in [-0.2, -0.15) is 0 Å². The smallest absolute Gasteiger partial charge is 0.227 e. The van der Waals surface area contributed by atoms with Gasteiger partial charge in [-0.05, 0) is 43.0 Å². The molecule has 200 valence electrons. The monoisotopic (exact) mass is 554 g/mol. The third kappa shape index (κ3) is 5.92. The summed E-state index contributed by atoms with van der Waals surface area (Å²) in [6, 6.07) is 12.7. The molecule has 2 aliphatic rings. The number of hydrogen-bond donors (Lipinski definition) is 0. The first-order chi connectivity index (χ1) is 18.4. The number of piperidine rings is 1. The second-order valence-corrected chi connectivity index (χ2v) is 11.5. The number of halogens is 2. The summed E-state index contributed by atoms with van der Waals surface area (Å²) in [6.45, 7) is 3.76. The lowest BCUT2D eigenvalue weighted by Crippen LogP contribution is -2.52. The fourth-order valence-electron chi connectivity index (χ4n) is 5.78. The number of carbonyl (C=O) groups is 2. The van der Waals surface area contributed by atoms with Crippen molar-refractivity contribution in [2.75, 3.05) is 18.0 Å². The van der Waals surface area contributed by atoms with E-state index in [1.165, 1.54) is 6.07 Å². The Bertz CT molecular complexity index is 1270. The van der Waals surface area contributed by atoms with E-state index >= 15 is 0 Å². The highest BCUT2D eigenvalue weighted by Crippen LogP contribution is 2.32. The minimum atomic E-state index is -0.477. The Labute approximate surface area is 232 Å². The van der Waals surface area contributed by atoms with Crippen LogP contribution in [-0.2, 0) is 29.1 Å². The van der Waals surface area contributed by atoms with E-state index in [-0.39, 0.29) is 40.9 Å². The van der Waals surface area contributed by atoms with Gasteiger partial charge in [-0.3, -0.25) is 14.5 Å². The van der Waals surface area contributed by atoms with Gasteiger partial charge in [0.15, 0.2) is 0 Å². The Morgan fingerprint density at radius 1 is 1.11 bits per heavy atom. The van der Waals surface area contributed by atoms with Crippen molar-refractivity contribution in [1.82, 2.24) is 14.8 Å². The van der Waals surface area contributed by atoms with Gasteiger partial charge in [0.2, 0.25) is 11.8 Å². The topological polar surface area (TPSA) is 56.8 Å². The molecule has 38 heavy (non-hydrogen) atoms. The number of amides is 2. The average molecular weight is 555 g/mol. The van der Waals surface area contributed by atoms with Crippen LogP contribution in [0.25, 0.3) is 0 Å². The molecule has 5 rings (SSSR count). The minimum Gasteiger partial charge on any atom is -0.336 e. The fraction of sp³-hybridized carbons (Fsp3) is 0.414. The van der Waals surface area contributed by atoms with Crippen LogP contribution in [0.2, 0.25) is 5.02 Å². The number of aromatic nitrogens is 1. The standard InChI is InChI=1S/C29H32ClFN4O2S/c1-20(36)34-14-12-22-7-4-8-23(35(22)19-28-32-13-15-38-28)18-33(17-21-6-2-3-11-27(21)34)29(37)16-24-25(30)9-5-10-26(24)31/h2-3,5-6,9-11,13,15,22-23H,4,7-8,12,14,16-19H2,1H3. The third-order valence-electron chi connectivity index (χ3n) is 7.70. The highest BCUT2D eigenvalue weighted by Gasteiger charge is 2.35. The van der Waals surface area contributed by atoms with Crippen molar-refractivity contribution in [2.45, 2.75) is 64.2 Å². The maximum absolute atomic E-state index is 14.6. The Morgan fingerprint density at radius 3 is 2.68 bits per heavy atom. The van der Waals surface area contributed by atoms with Crippen LogP contribution < -0.4 is 4.90 Å². The van der Waals surface area contributed by atoms with Crippen LogP contribution in [0.3, 0.4) is 0 Å². The number of anilines is 1. The van der Waals surface area contributed by atoms with Gasteiger partial charge in [-0.25, -0.2) is 9.37 Å². The zero-order chi connectivity index (χ0) is 26.6. The predicted octanol–water partition coefficient (Wildman–Crippen LogP) is 5.69. The van der Waals surface area contributed by atoms with E-state index in [4.69, 9.17) is 11.6 Å². The van der Waals surface area contributed by atoms with E-state index in [9.17, 15) is 14.0 Å². The van der Waals surface area contributed by atoms with Crippen molar-refractivity contribution in [3.05, 3.63) is 81.0 Å². The number of benzene rings is 2. The molecule has 1 saturated heterocycles. The Balaban J connectivity index is 1.53. The SMILES string of the molecule is CC(=O)N1CCC2CCCC(CN(C(=O)Cc3c(F)cccc3Cl)Cc3ccccc31)N2Cc1nccs1. The van der Waals surface area contributed by atoms with Gasteiger partial charge < -0.3 is 9.80 Å². The van der Waals surface area contributed by atoms with Crippen LogP contribution in [0.15, 0.2) is 54.0 Å². The van der Waals surface area contributed by atoms with Crippen LogP contribution in [-0.4, -0.2) is 51.8 Å². The molecule has 0 saturated carbocycles. The van der Waals surface area contributed by atoms with Crippen molar-refractivity contribution in [2.24, 2.45) is 0 Å². The maximum Gasteiger partial charge on any atom is 0.227 e. The minimum absolute atomic E-state index is 0.0217. The van der Waals surface area contributed by atoms with E-state index in [2.05, 4.69) is 9.88 Å². The largest absolute Gasteiger partial charge is 0.336 e. The number of hydrogen-bond acceptors (Lipinski definition) is 5. The first-order valence-corrected chi connectivity index (χ1v) is 14.4. The van der Waals surface area contributed by atoms with Crippen LogP contribution in [0.1, 0.15) is 48.7 Å². The molecule has 0 N–H and O–H groups in total. The fourth-order valence-corrected chi connectivity index (χ4v) is 6.64. The van der Waals surface area contributed by atoms with Crippen LogP contribution in [0, 0.1) is 5.82 Å². The van der Waals surface area contributed by atoms with Crippen LogP contribution in [0.4, 0.5) is 10.1 Å². The average Bonchev–Trinajstić information content (AvgIpc) is 3.41. The Hall–Kier alpha value is -2.81. The number of carbonyl (C=O) groups excluding carboxylic acids is 2. The normalized spacial score (nSPS) is 20.5. The molecule has 2 aliphatic heterocycles. The second-order valence-electron chi connectivity index (χ2n) is 10.1. The van der Waals surface area contributed by atoms with Gasteiger partial charge in [-0.15, -0.1) is 11.3 Å². The molecule has 2 aromatic carbocycles. The molecule has 6 nitrogen and oxygen atoms in total. The summed E-state index contributed by atoms with van der Waals surface area (Å²) in [4.78, 5) is 37.3. The molecule has 0 radical (unpaired) electrons. The summed E-state index contributed by atoms with van der Waals surface area (Å²) in [5.74, 6) is -0.682. The summed E-state index contributed by atoms with van der Waals surface area (Å²) in [5.41, 5.74) is 1.94. The molecule has 0 aliphatic carbocycles. The van der Waals surface area contributed by atoms with Gasteiger partial charge in [0.25, 0.3) is 0 Å². The van der Waals surface area contributed by atoms with Gasteiger partial charge in [0.05, 0.1) is 13.0 Å². The summed E-state index contributed by atoms with van der Waals surface area (Å²) in [5, 5.41) is 3.28. The van der Waals surface area contributed by atoms with Crippen molar-refractivity contribution in [3.63, 3.8) is 0 Å². The molecule has 2 atom stereocenters. The van der Waals surface area contributed by atoms with E-state index in [0.29, 0.717) is 26.2 Å². The molecule has 9 heteroatoms. The van der Waals surface area contributed by atoms with E-state index in [1.807, 2.05) is 45.6 Å². The molecule has 3 aromatic rings. The van der Waals surface area contributed by atoms with E-state index in [1.54, 1.807) is 30.4 Å². The first-order valence-electron chi connectivity index (χ1n) is 13.1. The van der Waals surface area contributed by atoms with E-state index in [0.717, 1.165) is 41.9 Å². The molecule has 2 amide bonds.